The monoisotopic (exact) mass is 563 g/mol. The standard InChI is InChI=1S/C26H26Cl2F3N7/c1-25(2,3)13-34-22-15(10-32)11-33-23-18(22)8-16(9-20(23)28)35-24(17-6-4-5-7-19(17)27)21-12-38(37-36-21)14-26(29,30)31/h4-9,11-12,24,35-37H,13-14H2,1-3H3,(H,33,34). The fourth-order valence-corrected chi connectivity index (χ4v) is 4.48. The van der Waals surface area contributed by atoms with Crippen molar-refractivity contribution in [2.75, 3.05) is 23.7 Å². The van der Waals surface area contributed by atoms with Gasteiger partial charge in [0.25, 0.3) is 0 Å². The number of hydrogen-bond acceptors (Lipinski definition) is 7. The van der Waals surface area contributed by atoms with Crippen molar-refractivity contribution < 1.29 is 13.2 Å². The predicted molar refractivity (Wildman–Crippen MR) is 144 cm³/mol. The summed E-state index contributed by atoms with van der Waals surface area (Å²) in [6.45, 7) is 5.62. The smallest absolute Gasteiger partial charge is 0.383 e. The van der Waals surface area contributed by atoms with Crippen molar-refractivity contribution in [1.29, 1.82) is 5.26 Å². The zero-order chi connectivity index (χ0) is 27.7. The summed E-state index contributed by atoms with van der Waals surface area (Å²) in [5.41, 5.74) is 8.35. The first-order chi connectivity index (χ1) is 17.8. The number of alkyl halides is 3. The van der Waals surface area contributed by atoms with Crippen molar-refractivity contribution in [3.05, 3.63) is 75.7 Å². The molecule has 1 atom stereocenters. The van der Waals surface area contributed by atoms with Gasteiger partial charge < -0.3 is 16.1 Å². The van der Waals surface area contributed by atoms with Crippen LogP contribution >= 0.6 is 23.2 Å². The number of aromatic nitrogens is 1. The highest BCUT2D eigenvalue weighted by atomic mass is 35.5. The SMILES string of the molecule is CC(C)(C)CNc1c(C#N)cnc2c(Cl)cc(NC(C3=CN(CC(F)(F)F)NN3)c3ccccc3Cl)cc12. The maximum atomic E-state index is 13.0. The van der Waals surface area contributed by atoms with Crippen LogP contribution in [-0.2, 0) is 0 Å². The largest absolute Gasteiger partial charge is 0.407 e. The summed E-state index contributed by atoms with van der Waals surface area (Å²) in [4.78, 5) is 4.38. The number of benzene rings is 2. The van der Waals surface area contributed by atoms with Crippen molar-refractivity contribution in [3.63, 3.8) is 0 Å². The molecule has 1 aliphatic heterocycles. The van der Waals surface area contributed by atoms with E-state index in [9.17, 15) is 18.4 Å². The normalized spacial score (nSPS) is 14.6. The quantitative estimate of drug-likeness (QED) is 0.253. The summed E-state index contributed by atoms with van der Waals surface area (Å²) in [5.74, 6) is 0. The van der Waals surface area contributed by atoms with Gasteiger partial charge in [0.2, 0.25) is 0 Å². The zero-order valence-corrected chi connectivity index (χ0v) is 22.4. The molecule has 2 aromatic carbocycles. The minimum atomic E-state index is -4.40. The van der Waals surface area contributed by atoms with E-state index in [1.165, 1.54) is 12.4 Å². The van der Waals surface area contributed by atoms with Crippen molar-refractivity contribution in [2.24, 2.45) is 5.41 Å². The summed E-state index contributed by atoms with van der Waals surface area (Å²) in [7, 11) is 0. The minimum absolute atomic E-state index is 0.0625. The topological polar surface area (TPSA) is 88.0 Å². The summed E-state index contributed by atoms with van der Waals surface area (Å²) < 4.78 is 38.9. The summed E-state index contributed by atoms with van der Waals surface area (Å²) in [6.07, 6.45) is -1.59. The van der Waals surface area contributed by atoms with Crippen molar-refractivity contribution in [1.82, 2.24) is 21.0 Å². The molecule has 0 amide bonds. The van der Waals surface area contributed by atoms with Gasteiger partial charge in [0.1, 0.15) is 12.6 Å². The van der Waals surface area contributed by atoms with E-state index in [4.69, 9.17) is 23.2 Å². The Balaban J connectivity index is 1.78. The van der Waals surface area contributed by atoms with Crippen molar-refractivity contribution in [2.45, 2.75) is 33.0 Å². The number of halogens is 5. The lowest BCUT2D eigenvalue weighted by atomic mass is 9.96. The molecular weight excluding hydrogens is 538 g/mol. The maximum Gasteiger partial charge on any atom is 0.407 e. The number of nitrogens with one attached hydrogen (secondary N) is 4. The third-order valence-corrected chi connectivity index (χ3v) is 6.30. The molecule has 38 heavy (non-hydrogen) atoms. The molecule has 7 nitrogen and oxygen atoms in total. The fraction of sp³-hybridized carbons (Fsp3) is 0.308. The molecule has 0 aliphatic carbocycles. The van der Waals surface area contributed by atoms with Crippen LogP contribution in [0.4, 0.5) is 24.5 Å². The Labute approximate surface area is 228 Å². The molecule has 200 valence electrons. The summed E-state index contributed by atoms with van der Waals surface area (Å²) >= 11 is 13.1. The third-order valence-electron chi connectivity index (χ3n) is 5.67. The number of fused-ring (bicyclic) bond motifs is 1. The lowest BCUT2D eigenvalue weighted by Gasteiger charge is -2.24. The lowest BCUT2D eigenvalue weighted by Crippen LogP contribution is -2.42. The van der Waals surface area contributed by atoms with Crippen LogP contribution in [0.5, 0.6) is 0 Å². The van der Waals surface area contributed by atoms with Gasteiger partial charge in [0.05, 0.1) is 33.5 Å². The molecule has 2 heterocycles. The molecule has 3 aromatic rings. The van der Waals surface area contributed by atoms with Gasteiger partial charge in [-0.1, -0.05) is 62.2 Å². The molecular formula is C26H26Cl2F3N7. The molecule has 0 saturated heterocycles. The predicted octanol–water partition coefficient (Wildman–Crippen LogP) is 6.75. The maximum absolute atomic E-state index is 13.0. The Morgan fingerprint density at radius 3 is 2.53 bits per heavy atom. The van der Waals surface area contributed by atoms with Crippen LogP contribution in [0.15, 0.2) is 54.5 Å². The van der Waals surface area contributed by atoms with Crippen molar-refractivity contribution in [3.8, 4) is 6.07 Å². The van der Waals surface area contributed by atoms with Crippen LogP contribution in [0, 0.1) is 16.7 Å². The van der Waals surface area contributed by atoms with Crippen molar-refractivity contribution >= 4 is 45.5 Å². The molecule has 1 unspecified atom stereocenters. The van der Waals surface area contributed by atoms with Crippen LogP contribution in [0.2, 0.25) is 10.0 Å². The first-order valence-electron chi connectivity index (χ1n) is 11.7. The Kier molecular flexibility index (Phi) is 7.83. The highest BCUT2D eigenvalue weighted by Gasteiger charge is 2.33. The van der Waals surface area contributed by atoms with Crippen LogP contribution in [-0.4, -0.2) is 29.3 Å². The van der Waals surface area contributed by atoms with E-state index in [0.29, 0.717) is 55.7 Å². The Bertz CT molecular complexity index is 1410. The number of anilines is 2. The van der Waals surface area contributed by atoms with Gasteiger partial charge in [0, 0.05) is 35.0 Å². The Hall–Kier alpha value is -3.39. The summed E-state index contributed by atoms with van der Waals surface area (Å²) in [5, 5.41) is 18.7. The molecule has 0 spiro atoms. The van der Waals surface area contributed by atoms with Crippen LogP contribution in [0.1, 0.15) is 37.9 Å². The van der Waals surface area contributed by atoms with E-state index in [2.05, 4.69) is 53.4 Å². The van der Waals surface area contributed by atoms with E-state index in [1.54, 1.807) is 36.4 Å². The molecule has 1 aromatic heterocycles. The molecule has 0 bridgehead atoms. The molecule has 0 fully saturated rings. The van der Waals surface area contributed by atoms with Gasteiger partial charge in [-0.05, 0) is 29.2 Å². The van der Waals surface area contributed by atoms with Crippen LogP contribution in [0.25, 0.3) is 10.9 Å². The first-order valence-corrected chi connectivity index (χ1v) is 12.4. The van der Waals surface area contributed by atoms with E-state index in [-0.39, 0.29) is 5.41 Å². The number of rotatable bonds is 7. The molecule has 0 saturated carbocycles. The van der Waals surface area contributed by atoms with E-state index < -0.39 is 18.8 Å². The van der Waals surface area contributed by atoms with Gasteiger partial charge in [-0.15, -0.1) is 5.53 Å². The third kappa shape index (κ3) is 6.54. The van der Waals surface area contributed by atoms with Crippen LogP contribution in [0.3, 0.4) is 0 Å². The van der Waals surface area contributed by atoms with E-state index in [0.717, 1.165) is 5.01 Å². The van der Waals surface area contributed by atoms with E-state index >= 15 is 0 Å². The second-order valence-electron chi connectivity index (χ2n) is 10.1. The summed E-state index contributed by atoms with van der Waals surface area (Å²) in [6, 6.07) is 12.0. The van der Waals surface area contributed by atoms with Gasteiger partial charge >= 0.3 is 6.18 Å². The minimum Gasteiger partial charge on any atom is -0.383 e. The second-order valence-corrected chi connectivity index (χ2v) is 10.9. The van der Waals surface area contributed by atoms with Gasteiger partial charge in [0.15, 0.2) is 0 Å². The molecule has 4 rings (SSSR count). The average molecular weight is 564 g/mol. The average Bonchev–Trinajstić information content (AvgIpc) is 3.27. The zero-order valence-electron chi connectivity index (χ0n) is 20.8. The lowest BCUT2D eigenvalue weighted by molar-refractivity contribution is -0.145. The number of hydrazine groups is 2. The van der Waals surface area contributed by atoms with Gasteiger partial charge in [-0.2, -0.15) is 18.4 Å². The highest BCUT2D eigenvalue weighted by molar-refractivity contribution is 6.36. The Morgan fingerprint density at radius 2 is 1.87 bits per heavy atom. The first kappa shape index (κ1) is 27.6. The second kappa shape index (κ2) is 10.8. The van der Waals surface area contributed by atoms with E-state index in [1.807, 2.05) is 0 Å². The molecule has 0 radical (unpaired) electrons. The Morgan fingerprint density at radius 1 is 1.13 bits per heavy atom. The highest BCUT2D eigenvalue weighted by Crippen LogP contribution is 2.37. The number of nitrogens with zero attached hydrogens (tertiary/aromatic N) is 3. The number of nitriles is 1. The van der Waals surface area contributed by atoms with Crippen LogP contribution < -0.4 is 21.6 Å². The molecule has 12 heteroatoms. The van der Waals surface area contributed by atoms with Gasteiger partial charge in [-0.3, -0.25) is 9.99 Å². The molecule has 4 N–H and O–H groups in total. The fourth-order valence-electron chi connectivity index (χ4n) is 3.96. The number of hydrogen-bond donors (Lipinski definition) is 4. The number of pyridine rings is 1. The molecule has 1 aliphatic rings. The van der Waals surface area contributed by atoms with Gasteiger partial charge in [-0.25, -0.2) is 0 Å².